The molecule has 0 saturated heterocycles. The molecule has 0 radical (unpaired) electrons. The van der Waals surface area contributed by atoms with Crippen molar-refractivity contribution in [2.75, 3.05) is 6.54 Å². The van der Waals surface area contributed by atoms with Crippen LogP contribution in [0.2, 0.25) is 0 Å². The van der Waals surface area contributed by atoms with Crippen molar-refractivity contribution in [1.82, 2.24) is 9.88 Å². The number of hydrogen-bond acceptors (Lipinski definition) is 4. The summed E-state index contributed by atoms with van der Waals surface area (Å²) in [6.07, 6.45) is 1.75. The summed E-state index contributed by atoms with van der Waals surface area (Å²) in [4.78, 5) is 28.8. The molecule has 1 aliphatic rings. The van der Waals surface area contributed by atoms with Crippen molar-refractivity contribution in [3.05, 3.63) is 68.8 Å². The van der Waals surface area contributed by atoms with E-state index in [1.54, 1.807) is 17.9 Å². The second kappa shape index (κ2) is 5.99. The molecule has 24 heavy (non-hydrogen) atoms. The highest BCUT2D eigenvalue weighted by Gasteiger charge is 2.30. The number of halogens is 1. The summed E-state index contributed by atoms with van der Waals surface area (Å²) in [5.41, 5.74) is 2.20. The van der Waals surface area contributed by atoms with Gasteiger partial charge in [-0.15, -0.1) is 0 Å². The minimum atomic E-state index is -0.576. The number of benzene rings is 1. The van der Waals surface area contributed by atoms with Crippen molar-refractivity contribution < 1.29 is 14.1 Å². The van der Waals surface area contributed by atoms with E-state index in [2.05, 4.69) is 4.98 Å². The highest BCUT2D eigenvalue weighted by molar-refractivity contribution is 5.96. The van der Waals surface area contributed by atoms with E-state index < -0.39 is 4.92 Å². The topological polar surface area (TPSA) is 76.3 Å². The first-order chi connectivity index (χ1) is 11.4. The summed E-state index contributed by atoms with van der Waals surface area (Å²) in [6, 6.07) is 5.53. The van der Waals surface area contributed by atoms with Gasteiger partial charge in [0.1, 0.15) is 12.0 Å². The second-order valence-electron chi connectivity index (χ2n) is 5.85. The van der Waals surface area contributed by atoms with Crippen LogP contribution in [0.3, 0.4) is 0 Å². The predicted molar refractivity (Wildman–Crippen MR) is 85.2 cm³/mol. The largest absolute Gasteiger partial charge is 0.331 e. The van der Waals surface area contributed by atoms with Gasteiger partial charge in [-0.2, -0.15) is 0 Å². The van der Waals surface area contributed by atoms with Gasteiger partial charge in [0, 0.05) is 12.6 Å². The van der Waals surface area contributed by atoms with Crippen LogP contribution in [-0.2, 0) is 6.42 Å². The molecule has 2 aromatic rings. The first-order valence-electron chi connectivity index (χ1n) is 7.59. The Bertz CT molecular complexity index is 838. The molecule has 2 heterocycles. The highest BCUT2D eigenvalue weighted by Crippen LogP contribution is 2.31. The van der Waals surface area contributed by atoms with Crippen LogP contribution in [0, 0.1) is 22.9 Å². The van der Waals surface area contributed by atoms with E-state index in [1.807, 2.05) is 6.92 Å². The first-order valence-corrected chi connectivity index (χ1v) is 7.59. The van der Waals surface area contributed by atoms with Gasteiger partial charge in [0.15, 0.2) is 0 Å². The molecule has 0 saturated carbocycles. The van der Waals surface area contributed by atoms with Crippen molar-refractivity contribution in [3.63, 3.8) is 0 Å². The van der Waals surface area contributed by atoms with E-state index >= 15 is 0 Å². The van der Waals surface area contributed by atoms with Crippen LogP contribution in [-0.4, -0.2) is 27.3 Å². The molecule has 1 unspecified atom stereocenters. The van der Waals surface area contributed by atoms with Gasteiger partial charge in [0.05, 0.1) is 22.2 Å². The normalized spacial score (nSPS) is 16.6. The van der Waals surface area contributed by atoms with Gasteiger partial charge in [-0.1, -0.05) is 6.07 Å². The number of nitrogens with zero attached hydrogens (tertiary/aromatic N) is 3. The number of rotatable bonds is 2. The third-order valence-electron chi connectivity index (χ3n) is 4.42. The van der Waals surface area contributed by atoms with Gasteiger partial charge in [0.25, 0.3) is 11.6 Å². The zero-order valence-corrected chi connectivity index (χ0v) is 13.3. The minimum Gasteiger partial charge on any atom is -0.331 e. The fraction of sp³-hybridized carbons (Fsp3) is 0.294. The van der Waals surface area contributed by atoms with Crippen molar-refractivity contribution in [2.45, 2.75) is 26.3 Å². The van der Waals surface area contributed by atoms with Crippen molar-refractivity contribution >= 4 is 11.6 Å². The van der Waals surface area contributed by atoms with Crippen LogP contribution in [0.5, 0.6) is 0 Å². The molecular formula is C17H16FN3O3. The lowest BCUT2D eigenvalue weighted by Crippen LogP contribution is -2.39. The Kier molecular flexibility index (Phi) is 4.01. The second-order valence-corrected chi connectivity index (χ2v) is 5.85. The summed E-state index contributed by atoms with van der Waals surface area (Å²) in [5.74, 6) is -0.672. The van der Waals surface area contributed by atoms with Crippen molar-refractivity contribution in [2.24, 2.45) is 0 Å². The number of aromatic nitrogens is 1. The Labute approximate surface area is 138 Å². The zero-order valence-electron chi connectivity index (χ0n) is 13.3. The van der Waals surface area contributed by atoms with Gasteiger partial charge < -0.3 is 4.90 Å². The quantitative estimate of drug-likeness (QED) is 0.626. The maximum absolute atomic E-state index is 13.5. The van der Waals surface area contributed by atoms with E-state index in [4.69, 9.17) is 0 Å². The number of carbonyl (C=O) groups excluding carboxylic acids is 1. The van der Waals surface area contributed by atoms with E-state index in [0.29, 0.717) is 18.7 Å². The molecule has 1 aromatic carbocycles. The molecule has 0 bridgehead atoms. The average molecular weight is 329 g/mol. The van der Waals surface area contributed by atoms with Crippen LogP contribution in [0.4, 0.5) is 10.1 Å². The van der Waals surface area contributed by atoms with Gasteiger partial charge in [0.2, 0.25) is 0 Å². The number of aryl methyl sites for hydroxylation is 1. The maximum atomic E-state index is 13.5. The fourth-order valence-corrected chi connectivity index (χ4v) is 3.06. The highest BCUT2D eigenvalue weighted by atomic mass is 19.1. The molecule has 124 valence electrons. The van der Waals surface area contributed by atoms with Crippen LogP contribution >= 0.6 is 0 Å². The van der Waals surface area contributed by atoms with E-state index in [9.17, 15) is 19.3 Å². The Hall–Kier alpha value is -2.83. The monoisotopic (exact) mass is 329 g/mol. The van der Waals surface area contributed by atoms with Gasteiger partial charge in [-0.05, 0) is 43.5 Å². The summed E-state index contributed by atoms with van der Waals surface area (Å²) in [7, 11) is 0. The summed E-state index contributed by atoms with van der Waals surface area (Å²) in [5, 5.41) is 10.9. The molecule has 0 N–H and O–H groups in total. The number of fused-ring (bicyclic) bond motifs is 1. The average Bonchev–Trinajstić information content (AvgIpc) is 2.55. The lowest BCUT2D eigenvalue weighted by atomic mass is 9.92. The zero-order chi connectivity index (χ0) is 17.4. The number of pyridine rings is 1. The Morgan fingerprint density at radius 1 is 1.42 bits per heavy atom. The third kappa shape index (κ3) is 2.73. The molecule has 7 heteroatoms. The van der Waals surface area contributed by atoms with E-state index in [-0.39, 0.29) is 29.0 Å². The third-order valence-corrected chi connectivity index (χ3v) is 4.42. The smallest absolute Gasteiger partial charge is 0.288 e. The Balaban J connectivity index is 1.97. The lowest BCUT2D eigenvalue weighted by molar-refractivity contribution is -0.385. The Morgan fingerprint density at radius 3 is 2.88 bits per heavy atom. The molecule has 6 nitrogen and oxygen atoms in total. The molecule has 0 fully saturated rings. The van der Waals surface area contributed by atoms with Crippen LogP contribution in [0.25, 0.3) is 0 Å². The van der Waals surface area contributed by atoms with E-state index in [1.165, 1.54) is 18.2 Å². The molecule has 1 aliphatic heterocycles. The summed E-state index contributed by atoms with van der Waals surface area (Å²) >= 11 is 0. The molecule has 0 spiro atoms. The van der Waals surface area contributed by atoms with E-state index in [0.717, 1.165) is 17.3 Å². The molecule has 3 rings (SSSR count). The van der Waals surface area contributed by atoms with Crippen LogP contribution in [0.1, 0.15) is 40.1 Å². The van der Waals surface area contributed by atoms with Crippen molar-refractivity contribution in [3.8, 4) is 0 Å². The number of amides is 1. The Morgan fingerprint density at radius 2 is 2.17 bits per heavy atom. The summed E-state index contributed by atoms with van der Waals surface area (Å²) in [6.45, 7) is 3.94. The van der Waals surface area contributed by atoms with Crippen LogP contribution < -0.4 is 0 Å². The number of nitro groups is 1. The molecule has 1 atom stereocenters. The number of hydrogen-bond donors (Lipinski definition) is 0. The molecule has 0 aliphatic carbocycles. The molecular weight excluding hydrogens is 313 g/mol. The fourth-order valence-electron chi connectivity index (χ4n) is 3.06. The SMILES string of the molecule is Cc1ncc([N+](=O)[O-])cc1C(=O)N1CCc2ccc(F)cc2C1C. The predicted octanol–water partition coefficient (Wildman–Crippen LogP) is 3.20. The number of carbonyl (C=O) groups is 1. The molecule has 1 amide bonds. The maximum Gasteiger partial charge on any atom is 0.288 e. The van der Waals surface area contributed by atoms with Crippen molar-refractivity contribution in [1.29, 1.82) is 0 Å². The first kappa shape index (κ1) is 16.0. The standard InChI is InChI=1S/C17H16FN3O3/c1-10-15(8-14(9-19-10)21(23)24)17(22)20-6-5-12-3-4-13(18)7-16(12)11(20)2/h3-4,7-9,11H,5-6H2,1-2H3. The lowest BCUT2D eigenvalue weighted by Gasteiger charge is -2.35. The minimum absolute atomic E-state index is 0.205. The van der Waals surface area contributed by atoms with Gasteiger partial charge in [-0.3, -0.25) is 19.9 Å². The van der Waals surface area contributed by atoms with Gasteiger partial charge in [-0.25, -0.2) is 4.39 Å². The van der Waals surface area contributed by atoms with Crippen LogP contribution in [0.15, 0.2) is 30.5 Å². The molecule has 1 aromatic heterocycles. The van der Waals surface area contributed by atoms with Gasteiger partial charge >= 0.3 is 0 Å². The summed E-state index contributed by atoms with van der Waals surface area (Å²) < 4.78 is 13.5.